The van der Waals surface area contributed by atoms with Crippen LogP contribution in [-0.2, 0) is 19.2 Å². The standard InChI is InChI=1S/C17H17N3O4/c1-9-10(2)17(24)19-13-7-11(3-4-12(9)13)18-14(21)8-20-15(22)5-6-16(20)23/h3-4,7,12H,5-6,8H2,1-2H3,(H,19,24). The van der Waals surface area contributed by atoms with Crippen molar-refractivity contribution in [3.63, 3.8) is 0 Å². The van der Waals surface area contributed by atoms with Crippen molar-refractivity contribution >= 4 is 29.3 Å². The molecule has 4 amide bonds. The molecule has 0 bridgehead atoms. The van der Waals surface area contributed by atoms with Crippen molar-refractivity contribution in [2.24, 2.45) is 10.9 Å². The molecule has 0 aromatic carbocycles. The molecular formula is C17H17N3O4. The molecule has 7 nitrogen and oxygen atoms in total. The number of imide groups is 1. The number of carbonyl (C=O) groups is 4. The van der Waals surface area contributed by atoms with Crippen LogP contribution in [0.15, 0.2) is 40.1 Å². The number of nitrogens with zero attached hydrogens (tertiary/aromatic N) is 2. The number of allylic oxidation sites excluding steroid dienone is 3. The van der Waals surface area contributed by atoms with Crippen molar-refractivity contribution in [1.29, 1.82) is 0 Å². The number of likely N-dealkylation sites (tertiary alicyclic amines) is 1. The third-order valence-electron chi connectivity index (χ3n) is 4.46. The molecule has 0 aromatic rings. The van der Waals surface area contributed by atoms with E-state index in [-0.39, 0.29) is 43.0 Å². The van der Waals surface area contributed by atoms with Crippen molar-refractivity contribution < 1.29 is 19.2 Å². The van der Waals surface area contributed by atoms with Crippen LogP contribution in [-0.4, -0.2) is 40.8 Å². The molecule has 1 fully saturated rings. The lowest BCUT2D eigenvalue weighted by Gasteiger charge is -2.28. The van der Waals surface area contributed by atoms with Gasteiger partial charge in [-0.2, -0.15) is 0 Å². The quantitative estimate of drug-likeness (QED) is 0.753. The van der Waals surface area contributed by atoms with Crippen LogP contribution in [0, 0.1) is 5.92 Å². The summed E-state index contributed by atoms with van der Waals surface area (Å²) >= 11 is 0. The second-order valence-electron chi connectivity index (χ2n) is 6.00. The van der Waals surface area contributed by atoms with Gasteiger partial charge in [-0.1, -0.05) is 11.6 Å². The summed E-state index contributed by atoms with van der Waals surface area (Å²) in [6.45, 7) is 3.33. The molecule has 2 aliphatic heterocycles. The fraction of sp³-hybridized carbons (Fsp3) is 0.353. The Kier molecular flexibility index (Phi) is 4.01. The number of hydrogen-bond donors (Lipinski definition) is 1. The van der Waals surface area contributed by atoms with Crippen LogP contribution >= 0.6 is 0 Å². The van der Waals surface area contributed by atoms with Crippen LogP contribution < -0.4 is 5.32 Å². The average molecular weight is 327 g/mol. The first kappa shape index (κ1) is 16.0. The average Bonchev–Trinajstić information content (AvgIpc) is 2.84. The predicted octanol–water partition coefficient (Wildman–Crippen LogP) is 0.639. The van der Waals surface area contributed by atoms with Crippen LogP contribution in [0.25, 0.3) is 0 Å². The molecule has 0 saturated carbocycles. The largest absolute Gasteiger partial charge is 0.325 e. The molecule has 1 unspecified atom stereocenters. The molecule has 0 spiro atoms. The summed E-state index contributed by atoms with van der Waals surface area (Å²) in [6.07, 6.45) is 5.50. The summed E-state index contributed by atoms with van der Waals surface area (Å²) in [4.78, 5) is 51.8. The second-order valence-corrected chi connectivity index (χ2v) is 6.00. The number of nitrogens with one attached hydrogen (secondary N) is 1. The minimum absolute atomic E-state index is 0.0292. The first-order chi connectivity index (χ1) is 11.4. The van der Waals surface area contributed by atoms with E-state index in [9.17, 15) is 19.2 Å². The van der Waals surface area contributed by atoms with Gasteiger partial charge in [-0.05, 0) is 26.0 Å². The highest BCUT2D eigenvalue weighted by Crippen LogP contribution is 2.29. The molecule has 1 saturated heterocycles. The van der Waals surface area contributed by atoms with Gasteiger partial charge in [0, 0.05) is 30.0 Å². The van der Waals surface area contributed by atoms with E-state index in [2.05, 4.69) is 10.3 Å². The summed E-state index contributed by atoms with van der Waals surface area (Å²) in [5.41, 5.74) is 2.70. The van der Waals surface area contributed by atoms with Gasteiger partial charge in [-0.25, -0.2) is 4.99 Å². The van der Waals surface area contributed by atoms with Crippen molar-refractivity contribution in [3.05, 3.63) is 35.1 Å². The second kappa shape index (κ2) is 5.99. The molecule has 0 radical (unpaired) electrons. The van der Waals surface area contributed by atoms with E-state index in [1.807, 2.05) is 13.0 Å². The molecule has 7 heteroatoms. The lowest BCUT2D eigenvalue weighted by Crippen LogP contribution is -2.36. The van der Waals surface area contributed by atoms with Crippen LogP contribution in [0.1, 0.15) is 26.7 Å². The first-order valence-corrected chi connectivity index (χ1v) is 7.70. The minimum Gasteiger partial charge on any atom is -0.325 e. The topological polar surface area (TPSA) is 95.9 Å². The Morgan fingerprint density at radius 3 is 2.58 bits per heavy atom. The number of hydrogen-bond acceptors (Lipinski definition) is 4. The molecule has 2 heterocycles. The SMILES string of the molecule is CC1=C(C)C2C=CC(=NC(=O)CN3C(=O)CCC3=O)C=C2NC1=O. The fourth-order valence-electron chi connectivity index (χ4n) is 2.91. The van der Waals surface area contributed by atoms with Crippen molar-refractivity contribution in [2.75, 3.05) is 6.54 Å². The molecule has 124 valence electrons. The van der Waals surface area contributed by atoms with Gasteiger partial charge in [-0.3, -0.25) is 24.1 Å². The van der Waals surface area contributed by atoms with Gasteiger partial charge in [0.1, 0.15) is 6.54 Å². The summed E-state index contributed by atoms with van der Waals surface area (Å²) in [5, 5.41) is 2.79. The Balaban J connectivity index is 1.76. The van der Waals surface area contributed by atoms with Gasteiger partial charge in [0.15, 0.2) is 0 Å². The molecule has 1 aliphatic carbocycles. The predicted molar refractivity (Wildman–Crippen MR) is 85.6 cm³/mol. The monoisotopic (exact) mass is 327 g/mol. The van der Waals surface area contributed by atoms with E-state index in [1.165, 1.54) is 0 Å². The van der Waals surface area contributed by atoms with Gasteiger partial charge in [-0.15, -0.1) is 0 Å². The summed E-state index contributed by atoms with van der Waals surface area (Å²) < 4.78 is 0. The highest BCUT2D eigenvalue weighted by Gasteiger charge is 2.31. The van der Waals surface area contributed by atoms with E-state index in [1.54, 1.807) is 19.1 Å². The first-order valence-electron chi connectivity index (χ1n) is 7.70. The molecule has 1 N–H and O–H groups in total. The third-order valence-corrected chi connectivity index (χ3v) is 4.46. The molecule has 1 atom stereocenters. The van der Waals surface area contributed by atoms with Gasteiger partial charge in [0.25, 0.3) is 11.8 Å². The number of carbonyl (C=O) groups excluding carboxylic acids is 4. The number of aliphatic imine (C=N–C) groups is 1. The molecule has 24 heavy (non-hydrogen) atoms. The van der Waals surface area contributed by atoms with E-state index < -0.39 is 5.91 Å². The molecule has 3 aliphatic rings. The number of rotatable bonds is 2. The minimum atomic E-state index is -0.570. The van der Waals surface area contributed by atoms with E-state index >= 15 is 0 Å². The van der Waals surface area contributed by atoms with E-state index in [0.717, 1.165) is 10.5 Å². The summed E-state index contributed by atoms with van der Waals surface area (Å²) in [5.74, 6) is -1.45. The van der Waals surface area contributed by atoms with Crippen molar-refractivity contribution in [3.8, 4) is 0 Å². The zero-order chi connectivity index (χ0) is 17.4. The van der Waals surface area contributed by atoms with Gasteiger partial charge in [0.2, 0.25) is 11.8 Å². The highest BCUT2D eigenvalue weighted by molar-refractivity contribution is 6.13. The summed E-state index contributed by atoms with van der Waals surface area (Å²) in [7, 11) is 0. The molecular weight excluding hydrogens is 310 g/mol. The highest BCUT2D eigenvalue weighted by atomic mass is 16.2. The fourth-order valence-corrected chi connectivity index (χ4v) is 2.91. The maximum Gasteiger partial charge on any atom is 0.266 e. The zero-order valence-corrected chi connectivity index (χ0v) is 13.5. The summed E-state index contributed by atoms with van der Waals surface area (Å²) in [6, 6.07) is 0. The van der Waals surface area contributed by atoms with Crippen molar-refractivity contribution in [2.45, 2.75) is 26.7 Å². The Bertz CT molecular complexity index is 770. The lowest BCUT2D eigenvalue weighted by atomic mass is 9.85. The van der Waals surface area contributed by atoms with E-state index in [4.69, 9.17) is 0 Å². The van der Waals surface area contributed by atoms with Crippen LogP contribution in [0.3, 0.4) is 0 Å². The van der Waals surface area contributed by atoms with E-state index in [0.29, 0.717) is 17.0 Å². The van der Waals surface area contributed by atoms with Gasteiger partial charge in [0.05, 0.1) is 5.71 Å². The van der Waals surface area contributed by atoms with Crippen LogP contribution in [0.5, 0.6) is 0 Å². The maximum absolute atomic E-state index is 12.0. The van der Waals surface area contributed by atoms with Gasteiger partial charge >= 0.3 is 0 Å². The van der Waals surface area contributed by atoms with Crippen LogP contribution in [0.2, 0.25) is 0 Å². The number of fused-ring (bicyclic) bond motifs is 1. The zero-order valence-electron chi connectivity index (χ0n) is 13.5. The normalized spacial score (nSPS) is 25.2. The number of amides is 4. The van der Waals surface area contributed by atoms with Crippen molar-refractivity contribution in [1.82, 2.24) is 10.2 Å². The Hall–Kier alpha value is -2.83. The Morgan fingerprint density at radius 1 is 1.25 bits per heavy atom. The maximum atomic E-state index is 12.0. The lowest BCUT2D eigenvalue weighted by molar-refractivity contribution is -0.141. The molecule has 0 aromatic heterocycles. The Morgan fingerprint density at radius 2 is 1.92 bits per heavy atom. The Labute approximate surface area is 138 Å². The molecule has 3 rings (SSSR count). The third kappa shape index (κ3) is 2.84. The smallest absolute Gasteiger partial charge is 0.266 e. The van der Waals surface area contributed by atoms with Crippen LogP contribution in [0.4, 0.5) is 0 Å². The van der Waals surface area contributed by atoms with Gasteiger partial charge < -0.3 is 5.32 Å².